The smallest absolute Gasteiger partial charge is 0.103 e. The fraction of sp³-hybridized carbons (Fsp3) is 0.429. The van der Waals surface area contributed by atoms with E-state index in [-0.39, 0.29) is 0 Å². The fourth-order valence-corrected chi connectivity index (χ4v) is 4.87. The topological polar surface area (TPSA) is 58.0 Å². The maximum absolute atomic E-state index is 5.05. The van der Waals surface area contributed by atoms with E-state index < -0.39 is 0 Å². The molecule has 4 rings (SSSR count). The highest BCUT2D eigenvalue weighted by molar-refractivity contribution is 8.00. The molecule has 1 aliphatic rings. The first kappa shape index (κ1) is 19.2. The van der Waals surface area contributed by atoms with Gasteiger partial charge in [0.1, 0.15) is 5.69 Å². The van der Waals surface area contributed by atoms with Gasteiger partial charge in [0, 0.05) is 58.5 Å². The molecule has 0 amide bonds. The van der Waals surface area contributed by atoms with Gasteiger partial charge in [-0.25, -0.2) is 0 Å². The minimum atomic E-state index is 0.890. The first-order valence-corrected chi connectivity index (χ1v) is 10.8. The Hall–Kier alpha value is -2.09. The van der Waals surface area contributed by atoms with E-state index in [0.29, 0.717) is 0 Å². The minimum Gasteiger partial charge on any atom is -0.383 e. The Morgan fingerprint density at radius 3 is 2.79 bits per heavy atom. The van der Waals surface area contributed by atoms with Crippen molar-refractivity contribution in [1.29, 1.82) is 0 Å². The molecule has 0 saturated carbocycles. The zero-order valence-corrected chi connectivity index (χ0v) is 17.6. The molecule has 0 aliphatic carbocycles. The van der Waals surface area contributed by atoms with Gasteiger partial charge in [0.2, 0.25) is 0 Å². The van der Waals surface area contributed by atoms with Crippen molar-refractivity contribution >= 4 is 28.4 Å². The summed E-state index contributed by atoms with van der Waals surface area (Å²) in [5, 5.41) is 13.1. The van der Waals surface area contributed by atoms with Crippen LogP contribution in [0.3, 0.4) is 0 Å². The van der Waals surface area contributed by atoms with Crippen molar-refractivity contribution < 1.29 is 0 Å². The number of hydrogen-bond donors (Lipinski definition) is 2. The monoisotopic (exact) mass is 396 g/mol. The minimum absolute atomic E-state index is 0.890. The molecule has 0 spiro atoms. The second kappa shape index (κ2) is 8.51. The Labute approximate surface area is 170 Å². The molecule has 0 radical (unpaired) electrons. The SMILES string of the molecule is CCN(CC)CCn1nc2c3c(c(NCCNC)ccc31)Sc1cnccc1-2. The second-order valence-corrected chi connectivity index (χ2v) is 7.99. The van der Waals surface area contributed by atoms with E-state index in [1.54, 1.807) is 11.8 Å². The lowest BCUT2D eigenvalue weighted by Crippen LogP contribution is -2.27. The number of anilines is 1. The number of pyridine rings is 1. The van der Waals surface area contributed by atoms with E-state index >= 15 is 0 Å². The molecule has 2 aromatic heterocycles. The largest absolute Gasteiger partial charge is 0.383 e. The zero-order chi connectivity index (χ0) is 19.5. The molecule has 148 valence electrons. The number of likely N-dealkylation sites (N-methyl/N-ethyl adjacent to an activating group) is 2. The molecule has 1 aromatic carbocycles. The number of fused-ring (bicyclic) bond motifs is 2. The highest BCUT2D eigenvalue weighted by Gasteiger charge is 2.26. The van der Waals surface area contributed by atoms with E-state index in [4.69, 9.17) is 5.10 Å². The summed E-state index contributed by atoms with van der Waals surface area (Å²) in [4.78, 5) is 9.21. The Morgan fingerprint density at radius 1 is 1.14 bits per heavy atom. The predicted octanol–water partition coefficient (Wildman–Crippen LogP) is 3.54. The number of rotatable bonds is 9. The molecular weight excluding hydrogens is 368 g/mol. The van der Waals surface area contributed by atoms with Crippen LogP contribution in [0, 0.1) is 0 Å². The number of nitrogens with zero attached hydrogens (tertiary/aromatic N) is 4. The maximum atomic E-state index is 5.05. The van der Waals surface area contributed by atoms with Crippen molar-refractivity contribution in [3.8, 4) is 11.3 Å². The van der Waals surface area contributed by atoms with Gasteiger partial charge < -0.3 is 15.5 Å². The van der Waals surface area contributed by atoms with E-state index in [1.807, 2.05) is 19.4 Å². The molecular formula is C21H28N6S. The van der Waals surface area contributed by atoms with E-state index in [0.717, 1.165) is 45.0 Å². The highest BCUT2D eigenvalue weighted by atomic mass is 32.2. The first-order valence-electron chi connectivity index (χ1n) is 10.0. The molecule has 0 atom stereocenters. The molecule has 6 nitrogen and oxygen atoms in total. The molecule has 1 aliphatic heterocycles. The molecule has 28 heavy (non-hydrogen) atoms. The maximum Gasteiger partial charge on any atom is 0.103 e. The molecule has 3 heterocycles. The fourth-order valence-electron chi connectivity index (χ4n) is 3.71. The summed E-state index contributed by atoms with van der Waals surface area (Å²) in [6.45, 7) is 10.3. The van der Waals surface area contributed by atoms with Crippen molar-refractivity contribution in [2.75, 3.05) is 45.1 Å². The normalized spacial score (nSPS) is 12.6. The van der Waals surface area contributed by atoms with Gasteiger partial charge >= 0.3 is 0 Å². The molecule has 2 N–H and O–H groups in total. The average Bonchev–Trinajstić information content (AvgIpc) is 3.10. The lowest BCUT2D eigenvalue weighted by atomic mass is 10.1. The summed E-state index contributed by atoms with van der Waals surface area (Å²) in [5.74, 6) is 0. The summed E-state index contributed by atoms with van der Waals surface area (Å²) >= 11 is 1.80. The molecule has 7 heteroatoms. The van der Waals surface area contributed by atoms with Gasteiger partial charge in [-0.1, -0.05) is 25.6 Å². The Kier molecular flexibility index (Phi) is 5.85. The first-order chi connectivity index (χ1) is 13.8. The summed E-state index contributed by atoms with van der Waals surface area (Å²) in [6.07, 6.45) is 3.81. The molecule has 3 aromatic rings. The van der Waals surface area contributed by atoms with Gasteiger partial charge in [0.25, 0.3) is 0 Å². The van der Waals surface area contributed by atoms with Crippen LogP contribution in [0.5, 0.6) is 0 Å². The third-order valence-corrected chi connectivity index (χ3v) is 6.51. The molecule has 0 saturated heterocycles. The van der Waals surface area contributed by atoms with Gasteiger partial charge in [-0.2, -0.15) is 5.10 Å². The molecule has 0 fully saturated rings. The van der Waals surface area contributed by atoms with Gasteiger partial charge in [-0.05, 0) is 38.3 Å². The van der Waals surface area contributed by atoms with Crippen LogP contribution in [0.15, 0.2) is 40.4 Å². The Bertz CT molecular complexity index is 963. The van der Waals surface area contributed by atoms with Gasteiger partial charge in [-0.3, -0.25) is 9.67 Å². The van der Waals surface area contributed by atoms with Crippen molar-refractivity contribution in [2.24, 2.45) is 0 Å². The van der Waals surface area contributed by atoms with Crippen LogP contribution in [-0.2, 0) is 6.54 Å². The Balaban J connectivity index is 1.78. The molecule has 0 unspecified atom stereocenters. The van der Waals surface area contributed by atoms with E-state index in [9.17, 15) is 0 Å². The lowest BCUT2D eigenvalue weighted by Gasteiger charge is -2.19. The highest BCUT2D eigenvalue weighted by Crippen LogP contribution is 2.49. The zero-order valence-electron chi connectivity index (χ0n) is 16.8. The quantitative estimate of drug-likeness (QED) is 0.422. The van der Waals surface area contributed by atoms with Crippen molar-refractivity contribution in [1.82, 2.24) is 25.0 Å². The van der Waals surface area contributed by atoms with Crippen molar-refractivity contribution in [3.05, 3.63) is 30.6 Å². The third-order valence-electron chi connectivity index (χ3n) is 5.34. The molecule has 0 bridgehead atoms. The number of hydrogen-bond acceptors (Lipinski definition) is 6. The second-order valence-electron chi connectivity index (χ2n) is 6.94. The lowest BCUT2D eigenvalue weighted by molar-refractivity contribution is 0.287. The summed E-state index contributed by atoms with van der Waals surface area (Å²) in [6, 6.07) is 6.50. The van der Waals surface area contributed by atoms with Gasteiger partial charge in [-0.15, -0.1) is 0 Å². The summed E-state index contributed by atoms with van der Waals surface area (Å²) in [5.41, 5.74) is 4.66. The Morgan fingerprint density at radius 2 is 2.00 bits per heavy atom. The third kappa shape index (κ3) is 3.50. The van der Waals surface area contributed by atoms with Crippen LogP contribution in [0.1, 0.15) is 13.8 Å². The van der Waals surface area contributed by atoms with Crippen LogP contribution < -0.4 is 10.6 Å². The average molecular weight is 397 g/mol. The van der Waals surface area contributed by atoms with Gasteiger partial charge in [0.05, 0.1) is 12.1 Å². The summed E-state index contributed by atoms with van der Waals surface area (Å²) in [7, 11) is 1.98. The van der Waals surface area contributed by atoms with Crippen molar-refractivity contribution in [2.45, 2.75) is 30.2 Å². The summed E-state index contributed by atoms with van der Waals surface area (Å²) < 4.78 is 2.18. The number of aromatic nitrogens is 3. The predicted molar refractivity (Wildman–Crippen MR) is 117 cm³/mol. The van der Waals surface area contributed by atoms with E-state index in [1.165, 1.54) is 31.9 Å². The van der Waals surface area contributed by atoms with Crippen LogP contribution in [0.4, 0.5) is 5.69 Å². The van der Waals surface area contributed by atoms with Gasteiger partial charge in [0.15, 0.2) is 0 Å². The van der Waals surface area contributed by atoms with Crippen LogP contribution >= 0.6 is 11.8 Å². The standard InChI is InChI=1S/C21H28N6S/c1-4-26(5-2)12-13-27-17-7-6-16(24-11-10-22-3)21-19(17)20(25-27)15-8-9-23-14-18(15)28-21/h6-9,14,22,24H,4-5,10-13H2,1-3H3. The van der Waals surface area contributed by atoms with Crippen LogP contribution in [-0.4, -0.2) is 59.4 Å². The van der Waals surface area contributed by atoms with E-state index in [2.05, 4.69) is 57.2 Å². The van der Waals surface area contributed by atoms with Crippen molar-refractivity contribution in [3.63, 3.8) is 0 Å². The number of nitrogens with one attached hydrogen (secondary N) is 2. The van der Waals surface area contributed by atoms with Crippen LogP contribution in [0.2, 0.25) is 0 Å². The number of benzene rings is 1. The van der Waals surface area contributed by atoms with Crippen LogP contribution in [0.25, 0.3) is 22.2 Å².